The van der Waals surface area contributed by atoms with Gasteiger partial charge in [0.05, 0.1) is 22.1 Å². The number of sulfonamides is 1. The van der Waals surface area contributed by atoms with E-state index in [9.17, 15) is 21.6 Å². The second kappa shape index (κ2) is 6.47. The second-order valence-corrected chi connectivity index (χ2v) is 7.22. The topological polar surface area (TPSA) is 73.2 Å². The molecule has 0 saturated carbocycles. The molecule has 1 aromatic rings. The van der Waals surface area contributed by atoms with E-state index < -0.39 is 27.3 Å². The largest absolute Gasteiger partial charge is 0.417 e. The number of nitrogens with one attached hydrogen (secondary N) is 1. The summed E-state index contributed by atoms with van der Waals surface area (Å²) in [4.78, 5) is -0.287. The first-order chi connectivity index (χ1) is 10.7. The Morgan fingerprint density at radius 2 is 1.91 bits per heavy atom. The highest BCUT2D eigenvalue weighted by molar-refractivity contribution is 7.89. The van der Waals surface area contributed by atoms with Crippen molar-refractivity contribution in [2.24, 2.45) is 0 Å². The summed E-state index contributed by atoms with van der Waals surface area (Å²) in [6, 6.07) is 3.99. The predicted molar refractivity (Wildman–Crippen MR) is 77.0 cm³/mol. The van der Waals surface area contributed by atoms with Gasteiger partial charge in [0.15, 0.2) is 0 Å². The van der Waals surface area contributed by atoms with Gasteiger partial charge >= 0.3 is 6.18 Å². The first-order valence-corrected chi connectivity index (χ1v) is 8.43. The number of rotatable bonds is 3. The number of hydrogen-bond acceptors (Lipinski definition) is 4. The van der Waals surface area contributed by atoms with Crippen molar-refractivity contribution in [3.05, 3.63) is 29.3 Å². The van der Waals surface area contributed by atoms with E-state index in [4.69, 9.17) is 5.26 Å². The second-order valence-electron chi connectivity index (χ2n) is 5.28. The van der Waals surface area contributed by atoms with Gasteiger partial charge in [0, 0.05) is 19.1 Å². The molecule has 0 spiro atoms. The van der Waals surface area contributed by atoms with Crippen molar-refractivity contribution in [3.8, 4) is 6.07 Å². The molecule has 126 valence electrons. The number of nitriles is 1. The van der Waals surface area contributed by atoms with E-state index in [1.807, 2.05) is 0 Å². The molecule has 9 heteroatoms. The molecule has 0 radical (unpaired) electrons. The quantitative estimate of drug-likeness (QED) is 0.907. The molecular formula is C14H16F3N3O2S. The van der Waals surface area contributed by atoms with Gasteiger partial charge in [-0.3, -0.25) is 0 Å². The Morgan fingerprint density at radius 3 is 2.39 bits per heavy atom. The Hall–Kier alpha value is -1.63. The van der Waals surface area contributed by atoms with Crippen molar-refractivity contribution < 1.29 is 21.6 Å². The van der Waals surface area contributed by atoms with Gasteiger partial charge in [-0.05, 0) is 38.1 Å². The highest BCUT2D eigenvalue weighted by Gasteiger charge is 2.35. The van der Waals surface area contributed by atoms with Crippen LogP contribution in [0.1, 0.15) is 24.0 Å². The Bertz CT molecular complexity index is 718. The molecule has 1 aromatic carbocycles. The van der Waals surface area contributed by atoms with Crippen molar-refractivity contribution in [1.82, 2.24) is 9.62 Å². The minimum absolute atomic E-state index is 0.226. The standard InChI is InChI=1S/C14H16F3N3O2S/c1-19-11-4-6-20(7-5-11)23(21,22)12-2-3-13(14(15,16)17)10(8-12)9-18/h2-3,8,11,19H,4-7H2,1H3. The van der Waals surface area contributed by atoms with Crippen LogP contribution >= 0.6 is 0 Å². The number of nitrogens with zero attached hydrogens (tertiary/aromatic N) is 2. The lowest BCUT2D eigenvalue weighted by Crippen LogP contribution is -2.43. The summed E-state index contributed by atoms with van der Waals surface area (Å²) in [7, 11) is -2.11. The summed E-state index contributed by atoms with van der Waals surface area (Å²) in [5.74, 6) is 0. The Kier molecular flexibility index (Phi) is 4.98. The van der Waals surface area contributed by atoms with E-state index in [0.29, 0.717) is 18.9 Å². The molecule has 23 heavy (non-hydrogen) atoms. The van der Waals surface area contributed by atoms with Crippen molar-refractivity contribution in [3.63, 3.8) is 0 Å². The van der Waals surface area contributed by atoms with Crippen LogP contribution in [0.5, 0.6) is 0 Å². The normalized spacial score (nSPS) is 17.9. The molecule has 0 unspecified atom stereocenters. The average Bonchev–Trinajstić information content (AvgIpc) is 2.53. The van der Waals surface area contributed by atoms with Crippen molar-refractivity contribution in [2.75, 3.05) is 20.1 Å². The van der Waals surface area contributed by atoms with E-state index in [0.717, 1.165) is 12.1 Å². The van der Waals surface area contributed by atoms with Gasteiger partial charge in [-0.2, -0.15) is 22.7 Å². The maximum absolute atomic E-state index is 12.8. The fourth-order valence-electron chi connectivity index (χ4n) is 2.56. The van der Waals surface area contributed by atoms with E-state index in [2.05, 4.69) is 5.32 Å². The zero-order valence-corrected chi connectivity index (χ0v) is 13.2. The molecule has 1 aliphatic heterocycles. The first-order valence-electron chi connectivity index (χ1n) is 6.99. The van der Waals surface area contributed by atoms with E-state index >= 15 is 0 Å². The highest BCUT2D eigenvalue weighted by Crippen LogP contribution is 2.33. The monoisotopic (exact) mass is 347 g/mol. The van der Waals surface area contributed by atoms with Gasteiger partial charge in [-0.15, -0.1) is 0 Å². The van der Waals surface area contributed by atoms with Crippen LogP contribution in [-0.2, 0) is 16.2 Å². The fourth-order valence-corrected chi connectivity index (χ4v) is 4.05. The molecule has 1 saturated heterocycles. The number of piperidine rings is 1. The number of hydrogen-bond donors (Lipinski definition) is 1. The molecule has 0 amide bonds. The Labute approximate surface area is 132 Å². The minimum atomic E-state index is -4.70. The van der Waals surface area contributed by atoms with Gasteiger partial charge in [-0.1, -0.05) is 0 Å². The summed E-state index contributed by atoms with van der Waals surface area (Å²) >= 11 is 0. The molecule has 2 rings (SSSR count). The maximum Gasteiger partial charge on any atom is 0.417 e. The molecule has 1 heterocycles. The van der Waals surface area contributed by atoms with E-state index in [-0.39, 0.29) is 24.0 Å². The summed E-state index contributed by atoms with van der Waals surface area (Å²) in [6.45, 7) is 0.577. The number of halogens is 3. The Morgan fingerprint density at radius 1 is 1.30 bits per heavy atom. The van der Waals surface area contributed by atoms with E-state index in [1.54, 1.807) is 7.05 Å². The van der Waals surface area contributed by atoms with Crippen LogP contribution in [0.15, 0.2) is 23.1 Å². The number of alkyl halides is 3. The Balaban J connectivity index is 2.33. The molecule has 0 bridgehead atoms. The molecule has 1 fully saturated rings. The predicted octanol–water partition coefficient (Wildman–Crippen LogP) is 1.95. The summed E-state index contributed by atoms with van der Waals surface area (Å²) in [6.07, 6.45) is -3.44. The van der Waals surface area contributed by atoms with Gasteiger partial charge in [0.25, 0.3) is 0 Å². The third-order valence-corrected chi connectivity index (χ3v) is 5.81. The van der Waals surface area contributed by atoms with Crippen LogP contribution in [0.2, 0.25) is 0 Å². The lowest BCUT2D eigenvalue weighted by atomic mass is 10.1. The summed E-state index contributed by atoms with van der Waals surface area (Å²) in [5.41, 5.74) is -1.82. The third kappa shape index (κ3) is 3.65. The molecular weight excluding hydrogens is 331 g/mol. The fraction of sp³-hybridized carbons (Fsp3) is 0.500. The molecule has 0 aliphatic carbocycles. The average molecular weight is 347 g/mol. The van der Waals surface area contributed by atoms with Crippen LogP contribution in [-0.4, -0.2) is 38.9 Å². The molecule has 5 nitrogen and oxygen atoms in total. The van der Waals surface area contributed by atoms with Crippen LogP contribution in [0.25, 0.3) is 0 Å². The summed E-state index contributed by atoms with van der Waals surface area (Å²) in [5, 5.41) is 12.0. The zero-order valence-electron chi connectivity index (χ0n) is 12.4. The summed E-state index contributed by atoms with van der Waals surface area (Å²) < 4.78 is 64.6. The lowest BCUT2D eigenvalue weighted by molar-refractivity contribution is -0.137. The number of benzene rings is 1. The third-order valence-electron chi connectivity index (χ3n) is 3.92. The molecule has 0 atom stereocenters. The van der Waals surface area contributed by atoms with Crippen LogP contribution < -0.4 is 5.32 Å². The zero-order chi connectivity index (χ0) is 17.3. The van der Waals surface area contributed by atoms with Crippen LogP contribution in [0.4, 0.5) is 13.2 Å². The molecule has 0 aromatic heterocycles. The smallest absolute Gasteiger partial charge is 0.317 e. The van der Waals surface area contributed by atoms with Gasteiger partial charge in [-0.25, -0.2) is 8.42 Å². The van der Waals surface area contributed by atoms with Crippen LogP contribution in [0.3, 0.4) is 0 Å². The van der Waals surface area contributed by atoms with Crippen molar-refractivity contribution in [2.45, 2.75) is 30.0 Å². The minimum Gasteiger partial charge on any atom is -0.317 e. The van der Waals surface area contributed by atoms with Gasteiger partial charge in [0.1, 0.15) is 0 Å². The lowest BCUT2D eigenvalue weighted by Gasteiger charge is -2.31. The SMILES string of the molecule is CNC1CCN(S(=O)(=O)c2ccc(C(F)(F)F)c(C#N)c2)CC1. The van der Waals surface area contributed by atoms with Crippen molar-refractivity contribution in [1.29, 1.82) is 5.26 Å². The molecule has 1 aliphatic rings. The van der Waals surface area contributed by atoms with Crippen molar-refractivity contribution >= 4 is 10.0 Å². The highest BCUT2D eigenvalue weighted by atomic mass is 32.2. The first kappa shape index (κ1) is 17.7. The van der Waals surface area contributed by atoms with Gasteiger partial charge in [0.2, 0.25) is 10.0 Å². The maximum atomic E-state index is 12.8. The van der Waals surface area contributed by atoms with Crippen LogP contribution in [0, 0.1) is 11.3 Å². The van der Waals surface area contributed by atoms with E-state index in [1.165, 1.54) is 10.4 Å². The van der Waals surface area contributed by atoms with Gasteiger partial charge < -0.3 is 5.32 Å². The molecule has 1 N–H and O–H groups in total.